The molecule has 1 aromatic heterocycles. The van der Waals surface area contributed by atoms with Crippen LogP contribution in [0.15, 0.2) is 4.42 Å². The molecule has 1 atom stereocenters. The summed E-state index contributed by atoms with van der Waals surface area (Å²) in [6.45, 7) is 2.19. The van der Waals surface area contributed by atoms with Crippen LogP contribution >= 0.6 is 0 Å². The molecule has 0 amide bonds. The molecule has 1 fully saturated rings. The van der Waals surface area contributed by atoms with Gasteiger partial charge in [0.2, 0.25) is 5.76 Å². The quantitative estimate of drug-likeness (QED) is 0.830. The average Bonchev–Trinajstić information content (AvgIpc) is 2.99. The molecule has 0 aliphatic heterocycles. The van der Waals surface area contributed by atoms with Gasteiger partial charge in [-0.05, 0) is 18.8 Å². The van der Waals surface area contributed by atoms with E-state index in [2.05, 4.69) is 4.98 Å². The zero-order valence-electron chi connectivity index (χ0n) is 9.40. The molecule has 1 unspecified atom stereocenters. The third-order valence-electron chi connectivity index (χ3n) is 2.91. The van der Waals surface area contributed by atoms with Crippen molar-refractivity contribution < 1.29 is 19.1 Å². The van der Waals surface area contributed by atoms with Gasteiger partial charge < -0.3 is 14.3 Å². The molecular formula is C11H15NO4. The zero-order valence-corrected chi connectivity index (χ0v) is 9.40. The van der Waals surface area contributed by atoms with Crippen LogP contribution in [0.2, 0.25) is 0 Å². The maximum atomic E-state index is 10.9. The molecule has 1 aliphatic carbocycles. The number of ether oxygens (including phenoxy) is 1. The Morgan fingerprint density at radius 3 is 2.88 bits per heavy atom. The highest BCUT2D eigenvalue weighted by atomic mass is 16.5. The molecule has 0 aromatic carbocycles. The predicted octanol–water partition coefficient (Wildman–Crippen LogP) is 2.03. The molecule has 1 N–H and O–H groups in total. The number of oxazole rings is 1. The minimum Gasteiger partial charge on any atom is -0.475 e. The van der Waals surface area contributed by atoms with Gasteiger partial charge in [0.15, 0.2) is 5.89 Å². The van der Waals surface area contributed by atoms with Crippen molar-refractivity contribution in [3.05, 3.63) is 17.3 Å². The minimum atomic E-state index is -1.09. The third-order valence-corrected chi connectivity index (χ3v) is 2.91. The molecule has 5 nitrogen and oxygen atoms in total. The molecule has 16 heavy (non-hydrogen) atoms. The van der Waals surface area contributed by atoms with Gasteiger partial charge in [-0.2, -0.15) is 0 Å². The molecule has 88 valence electrons. The molecule has 1 aromatic rings. The second-order valence-corrected chi connectivity index (χ2v) is 4.19. The van der Waals surface area contributed by atoms with Crippen molar-refractivity contribution in [1.29, 1.82) is 0 Å². The van der Waals surface area contributed by atoms with Gasteiger partial charge in [0.1, 0.15) is 5.69 Å². The zero-order chi connectivity index (χ0) is 11.7. The Hall–Kier alpha value is -1.36. The van der Waals surface area contributed by atoms with Gasteiger partial charge in [-0.25, -0.2) is 9.78 Å². The Bertz CT molecular complexity index is 395. The van der Waals surface area contributed by atoms with Crippen molar-refractivity contribution in [2.75, 3.05) is 7.11 Å². The van der Waals surface area contributed by atoms with E-state index in [4.69, 9.17) is 14.3 Å². The fourth-order valence-corrected chi connectivity index (χ4v) is 1.76. The number of carboxylic acid groups (broad SMARTS) is 1. The molecule has 1 aliphatic rings. The molecule has 1 saturated carbocycles. The van der Waals surface area contributed by atoms with Gasteiger partial charge in [0, 0.05) is 13.0 Å². The standard InChI is InChI=1S/C11H15NO4/c1-6(7-3-4-7)10-12-8(5-15-2)9(16-10)11(13)14/h6-7H,3-5H2,1-2H3,(H,13,14). The number of carbonyl (C=O) groups is 1. The van der Waals surface area contributed by atoms with E-state index in [1.54, 1.807) is 0 Å². The summed E-state index contributed by atoms with van der Waals surface area (Å²) in [4.78, 5) is 15.1. The Balaban J connectivity index is 2.25. The lowest BCUT2D eigenvalue weighted by Crippen LogP contribution is -2.00. The van der Waals surface area contributed by atoms with Crippen molar-refractivity contribution in [3.63, 3.8) is 0 Å². The second kappa shape index (κ2) is 4.25. The number of methoxy groups -OCH3 is 1. The SMILES string of the molecule is COCc1nc(C(C)C2CC2)oc1C(=O)O. The van der Waals surface area contributed by atoms with E-state index >= 15 is 0 Å². The van der Waals surface area contributed by atoms with E-state index in [1.807, 2.05) is 6.92 Å². The van der Waals surface area contributed by atoms with E-state index in [0.717, 1.165) is 0 Å². The van der Waals surface area contributed by atoms with Gasteiger partial charge in [-0.15, -0.1) is 0 Å². The van der Waals surface area contributed by atoms with Crippen LogP contribution in [-0.2, 0) is 11.3 Å². The van der Waals surface area contributed by atoms with Crippen molar-refractivity contribution >= 4 is 5.97 Å². The monoisotopic (exact) mass is 225 g/mol. The number of carboxylic acids is 1. The molecule has 0 spiro atoms. The van der Waals surface area contributed by atoms with Crippen LogP contribution in [-0.4, -0.2) is 23.2 Å². The minimum absolute atomic E-state index is 0.0932. The fraction of sp³-hybridized carbons (Fsp3) is 0.636. The first-order valence-corrected chi connectivity index (χ1v) is 5.35. The predicted molar refractivity (Wildman–Crippen MR) is 55.3 cm³/mol. The van der Waals surface area contributed by atoms with Crippen LogP contribution in [0.1, 0.15) is 47.8 Å². The van der Waals surface area contributed by atoms with Crippen molar-refractivity contribution in [2.45, 2.75) is 32.3 Å². The maximum Gasteiger partial charge on any atom is 0.373 e. The molecule has 2 rings (SSSR count). The normalized spacial score (nSPS) is 17.4. The van der Waals surface area contributed by atoms with Crippen LogP contribution in [0.4, 0.5) is 0 Å². The summed E-state index contributed by atoms with van der Waals surface area (Å²) >= 11 is 0. The van der Waals surface area contributed by atoms with E-state index in [-0.39, 0.29) is 18.3 Å². The highest BCUT2D eigenvalue weighted by Gasteiger charge is 2.33. The average molecular weight is 225 g/mol. The summed E-state index contributed by atoms with van der Waals surface area (Å²) in [5.41, 5.74) is 0.373. The number of hydrogen-bond acceptors (Lipinski definition) is 4. The highest BCUT2D eigenvalue weighted by Crippen LogP contribution is 2.42. The Kier molecular flexibility index (Phi) is 2.96. The van der Waals surface area contributed by atoms with Crippen molar-refractivity contribution in [3.8, 4) is 0 Å². The summed E-state index contributed by atoms with van der Waals surface area (Å²) in [7, 11) is 1.50. The molecule has 1 heterocycles. The van der Waals surface area contributed by atoms with E-state index in [1.165, 1.54) is 20.0 Å². The Morgan fingerprint density at radius 2 is 2.38 bits per heavy atom. The lowest BCUT2D eigenvalue weighted by molar-refractivity contribution is 0.0653. The van der Waals surface area contributed by atoms with Gasteiger partial charge >= 0.3 is 5.97 Å². The topological polar surface area (TPSA) is 72.6 Å². The fourth-order valence-electron chi connectivity index (χ4n) is 1.76. The summed E-state index contributed by atoms with van der Waals surface area (Å²) < 4.78 is 10.2. The summed E-state index contributed by atoms with van der Waals surface area (Å²) in [6.07, 6.45) is 2.34. The first-order valence-electron chi connectivity index (χ1n) is 5.35. The number of rotatable bonds is 5. The lowest BCUT2D eigenvalue weighted by atomic mass is 10.1. The highest BCUT2D eigenvalue weighted by molar-refractivity contribution is 5.85. The molecule has 0 radical (unpaired) electrons. The summed E-state index contributed by atoms with van der Waals surface area (Å²) in [5, 5.41) is 8.95. The first-order chi connectivity index (χ1) is 7.63. The van der Waals surface area contributed by atoms with Gasteiger partial charge in [-0.3, -0.25) is 0 Å². The smallest absolute Gasteiger partial charge is 0.373 e. The van der Waals surface area contributed by atoms with E-state index in [0.29, 0.717) is 17.5 Å². The van der Waals surface area contributed by atoms with Crippen molar-refractivity contribution in [1.82, 2.24) is 4.98 Å². The van der Waals surface area contributed by atoms with E-state index < -0.39 is 5.97 Å². The van der Waals surface area contributed by atoms with Gasteiger partial charge in [-0.1, -0.05) is 6.92 Å². The maximum absolute atomic E-state index is 10.9. The molecule has 0 saturated heterocycles. The van der Waals surface area contributed by atoms with Crippen LogP contribution in [0.25, 0.3) is 0 Å². The van der Waals surface area contributed by atoms with Crippen LogP contribution < -0.4 is 0 Å². The van der Waals surface area contributed by atoms with Gasteiger partial charge in [0.05, 0.1) is 6.61 Å². The lowest BCUT2D eigenvalue weighted by Gasteiger charge is -2.02. The molecule has 0 bridgehead atoms. The summed E-state index contributed by atoms with van der Waals surface area (Å²) in [5.74, 6) is 0.129. The number of nitrogens with zero attached hydrogens (tertiary/aromatic N) is 1. The summed E-state index contributed by atoms with van der Waals surface area (Å²) in [6, 6.07) is 0. The second-order valence-electron chi connectivity index (χ2n) is 4.19. The molecular weight excluding hydrogens is 210 g/mol. The Labute approximate surface area is 93.4 Å². The van der Waals surface area contributed by atoms with Crippen LogP contribution in [0, 0.1) is 5.92 Å². The largest absolute Gasteiger partial charge is 0.475 e. The van der Waals surface area contributed by atoms with E-state index in [9.17, 15) is 4.79 Å². The number of aromatic carboxylic acids is 1. The molecule has 5 heteroatoms. The first kappa shape index (κ1) is 11.1. The number of hydrogen-bond donors (Lipinski definition) is 1. The number of aromatic nitrogens is 1. The van der Waals surface area contributed by atoms with Gasteiger partial charge in [0.25, 0.3) is 0 Å². The van der Waals surface area contributed by atoms with Crippen molar-refractivity contribution in [2.24, 2.45) is 5.92 Å². The third kappa shape index (κ3) is 2.09. The van der Waals surface area contributed by atoms with Crippen LogP contribution in [0.5, 0.6) is 0 Å². The van der Waals surface area contributed by atoms with Crippen LogP contribution in [0.3, 0.4) is 0 Å². The Morgan fingerprint density at radius 1 is 1.69 bits per heavy atom.